The number of carbonyl (C=O) groups is 1. The normalized spacial score (nSPS) is 28.4. The molecule has 7 N–H and O–H groups in total. The van der Waals surface area contributed by atoms with Gasteiger partial charge in [-0.25, -0.2) is 0 Å². The summed E-state index contributed by atoms with van der Waals surface area (Å²) in [6.07, 6.45) is -6.24. The van der Waals surface area contributed by atoms with E-state index in [4.69, 9.17) is 14.2 Å². The van der Waals surface area contributed by atoms with Crippen LogP contribution in [-0.2, 0) is 4.74 Å². The second kappa shape index (κ2) is 8.30. The van der Waals surface area contributed by atoms with Gasteiger partial charge >= 0.3 is 0 Å². The molecule has 1 fully saturated rings. The maximum Gasteiger partial charge on any atom is 0.235 e. The average Bonchev–Trinajstić information content (AvgIpc) is 3.06. The minimum atomic E-state index is -1.66. The number of ketones is 1. The van der Waals surface area contributed by atoms with Gasteiger partial charge in [0.25, 0.3) is 0 Å². The third kappa shape index (κ3) is 3.83. The van der Waals surface area contributed by atoms with Gasteiger partial charge in [0.05, 0.1) is 6.61 Å². The van der Waals surface area contributed by atoms with E-state index < -0.39 is 48.8 Å². The summed E-state index contributed by atoms with van der Waals surface area (Å²) in [5.41, 5.74) is 0.217. The second-order valence-corrected chi connectivity index (χ2v) is 7.32. The summed E-state index contributed by atoms with van der Waals surface area (Å²) in [5, 5.41) is 68.4. The number of aliphatic hydroxyl groups excluding tert-OH is 4. The highest BCUT2D eigenvalue weighted by Crippen LogP contribution is 2.42. The molecule has 0 unspecified atom stereocenters. The van der Waals surface area contributed by atoms with E-state index in [1.54, 1.807) is 0 Å². The van der Waals surface area contributed by atoms with Crippen molar-refractivity contribution >= 4 is 11.9 Å². The Kier molecular flexibility index (Phi) is 5.67. The number of hydrogen-bond donors (Lipinski definition) is 7. The first-order valence-corrected chi connectivity index (χ1v) is 9.50. The molecule has 0 aliphatic carbocycles. The molecule has 2 heterocycles. The van der Waals surface area contributed by atoms with E-state index in [0.717, 1.165) is 6.07 Å². The van der Waals surface area contributed by atoms with Gasteiger partial charge < -0.3 is 50.0 Å². The maximum atomic E-state index is 12.6. The molecule has 1 saturated heterocycles. The molecule has 2 aromatic carbocycles. The van der Waals surface area contributed by atoms with Crippen LogP contribution < -0.4 is 9.47 Å². The SMILES string of the molecule is O=C1/C(=C/c2ccc(O)c(O)c2)Oc2cc(O[C@@H]3O[C@H](CO)[C@@H](O)[C@@H](O)[C@H]3O)cc(O)c21. The number of aromatic hydroxyl groups is 3. The summed E-state index contributed by atoms with van der Waals surface area (Å²) < 4.78 is 16.2. The van der Waals surface area contributed by atoms with Crippen molar-refractivity contribution in [1.29, 1.82) is 0 Å². The molecular formula is C21H20O11. The second-order valence-electron chi connectivity index (χ2n) is 7.32. The third-order valence-corrected chi connectivity index (χ3v) is 5.12. The fourth-order valence-electron chi connectivity index (χ4n) is 3.42. The Labute approximate surface area is 180 Å². The van der Waals surface area contributed by atoms with Crippen LogP contribution in [0.5, 0.6) is 28.7 Å². The van der Waals surface area contributed by atoms with Crippen molar-refractivity contribution in [3.05, 3.63) is 47.2 Å². The first-order chi connectivity index (χ1) is 15.2. The lowest BCUT2D eigenvalue weighted by Gasteiger charge is -2.39. The number of aliphatic hydroxyl groups is 4. The van der Waals surface area contributed by atoms with Gasteiger partial charge in [-0.15, -0.1) is 0 Å². The number of ether oxygens (including phenoxy) is 3. The summed E-state index contributed by atoms with van der Waals surface area (Å²) in [4.78, 5) is 12.6. The van der Waals surface area contributed by atoms with E-state index in [9.17, 15) is 40.5 Å². The highest BCUT2D eigenvalue weighted by molar-refractivity contribution is 6.16. The van der Waals surface area contributed by atoms with Gasteiger partial charge in [-0.05, 0) is 23.8 Å². The van der Waals surface area contributed by atoms with Crippen LogP contribution in [0.1, 0.15) is 15.9 Å². The summed E-state index contributed by atoms with van der Waals surface area (Å²) in [5.74, 6) is -2.13. The number of rotatable bonds is 4. The number of hydrogen-bond acceptors (Lipinski definition) is 11. The number of Topliss-reactive ketones (excluding diaryl/α,β-unsaturated/α-hetero) is 1. The molecule has 170 valence electrons. The molecule has 0 spiro atoms. The van der Waals surface area contributed by atoms with Crippen molar-refractivity contribution in [1.82, 2.24) is 0 Å². The molecule has 0 saturated carbocycles. The maximum absolute atomic E-state index is 12.6. The van der Waals surface area contributed by atoms with E-state index in [0.29, 0.717) is 5.56 Å². The fraction of sp³-hybridized carbons (Fsp3) is 0.286. The van der Waals surface area contributed by atoms with Crippen molar-refractivity contribution in [3.63, 3.8) is 0 Å². The lowest BCUT2D eigenvalue weighted by Crippen LogP contribution is -2.60. The van der Waals surface area contributed by atoms with E-state index in [1.807, 2.05) is 0 Å². The number of benzene rings is 2. The van der Waals surface area contributed by atoms with E-state index in [2.05, 4.69) is 0 Å². The highest BCUT2D eigenvalue weighted by atomic mass is 16.7. The molecule has 11 nitrogen and oxygen atoms in total. The number of carbonyl (C=O) groups excluding carboxylic acids is 1. The summed E-state index contributed by atoms with van der Waals surface area (Å²) in [6, 6.07) is 6.23. The zero-order valence-electron chi connectivity index (χ0n) is 16.3. The predicted molar refractivity (Wildman–Crippen MR) is 105 cm³/mol. The van der Waals surface area contributed by atoms with Crippen molar-refractivity contribution in [2.75, 3.05) is 6.61 Å². The molecule has 2 aromatic rings. The fourth-order valence-corrected chi connectivity index (χ4v) is 3.42. The van der Waals surface area contributed by atoms with Crippen LogP contribution >= 0.6 is 0 Å². The van der Waals surface area contributed by atoms with E-state index in [-0.39, 0.29) is 34.3 Å². The largest absolute Gasteiger partial charge is 0.507 e. The van der Waals surface area contributed by atoms with Gasteiger partial charge in [0.15, 0.2) is 17.3 Å². The van der Waals surface area contributed by atoms with Crippen LogP contribution in [0.15, 0.2) is 36.1 Å². The van der Waals surface area contributed by atoms with Gasteiger partial charge in [0.2, 0.25) is 12.1 Å². The van der Waals surface area contributed by atoms with Gasteiger partial charge in [-0.2, -0.15) is 0 Å². The smallest absolute Gasteiger partial charge is 0.235 e. The van der Waals surface area contributed by atoms with Gasteiger partial charge in [0.1, 0.15) is 47.2 Å². The Bertz CT molecular complexity index is 1080. The molecule has 11 heteroatoms. The van der Waals surface area contributed by atoms with E-state index in [1.165, 1.54) is 30.3 Å². The number of fused-ring (bicyclic) bond motifs is 1. The number of allylic oxidation sites excluding steroid dienone is 1. The van der Waals surface area contributed by atoms with Crippen molar-refractivity contribution in [3.8, 4) is 28.7 Å². The predicted octanol–water partition coefficient (Wildman–Crippen LogP) is -0.402. The lowest BCUT2D eigenvalue weighted by atomic mass is 9.99. The van der Waals surface area contributed by atoms with Gasteiger partial charge in [0, 0.05) is 12.1 Å². The van der Waals surface area contributed by atoms with Crippen LogP contribution in [0.2, 0.25) is 0 Å². The molecule has 2 aliphatic rings. The monoisotopic (exact) mass is 448 g/mol. The Hall–Kier alpha value is -3.35. The van der Waals surface area contributed by atoms with Crippen molar-refractivity contribution in [2.45, 2.75) is 30.7 Å². The molecule has 4 rings (SSSR count). The van der Waals surface area contributed by atoms with Gasteiger partial charge in [-0.3, -0.25) is 4.79 Å². The minimum absolute atomic E-state index is 0.0520. The Morgan fingerprint density at radius 2 is 1.69 bits per heavy atom. The summed E-state index contributed by atoms with van der Waals surface area (Å²) >= 11 is 0. The number of phenolic OH excluding ortho intramolecular Hbond substituents is 3. The molecule has 2 aliphatic heterocycles. The van der Waals surface area contributed by atoms with Crippen LogP contribution in [0, 0.1) is 0 Å². The van der Waals surface area contributed by atoms with E-state index >= 15 is 0 Å². The number of phenols is 3. The Morgan fingerprint density at radius 3 is 2.38 bits per heavy atom. The van der Waals surface area contributed by atoms with Crippen molar-refractivity contribution < 1.29 is 54.8 Å². The average molecular weight is 448 g/mol. The summed E-state index contributed by atoms with van der Waals surface area (Å²) in [6.45, 7) is -0.640. The molecular weight excluding hydrogens is 428 g/mol. The molecule has 0 aromatic heterocycles. The molecule has 32 heavy (non-hydrogen) atoms. The third-order valence-electron chi connectivity index (χ3n) is 5.12. The summed E-state index contributed by atoms with van der Waals surface area (Å²) in [7, 11) is 0. The molecule has 0 radical (unpaired) electrons. The molecule has 0 bridgehead atoms. The highest BCUT2D eigenvalue weighted by Gasteiger charge is 2.45. The Morgan fingerprint density at radius 1 is 0.938 bits per heavy atom. The van der Waals surface area contributed by atoms with Crippen LogP contribution in [0.3, 0.4) is 0 Å². The first kappa shape index (κ1) is 21.9. The standard InChI is InChI=1S/C21H20O11/c22-7-15-18(27)19(28)20(29)21(32-15)30-9-5-12(25)16-13(6-9)31-14(17(16)26)4-8-1-2-10(23)11(24)3-8/h1-6,15,18-25,27-29H,7H2/b14-4-/t15-,18-,19-,20-,21-/m1/s1. The van der Waals surface area contributed by atoms with Gasteiger partial charge in [-0.1, -0.05) is 6.07 Å². The quantitative estimate of drug-likeness (QED) is 0.238. The van der Waals surface area contributed by atoms with Crippen LogP contribution in [0.4, 0.5) is 0 Å². The lowest BCUT2D eigenvalue weighted by molar-refractivity contribution is -0.277. The zero-order valence-corrected chi connectivity index (χ0v) is 16.3. The van der Waals surface area contributed by atoms with Crippen LogP contribution in [0.25, 0.3) is 6.08 Å². The first-order valence-electron chi connectivity index (χ1n) is 9.50. The van der Waals surface area contributed by atoms with Crippen molar-refractivity contribution in [2.24, 2.45) is 0 Å². The zero-order chi connectivity index (χ0) is 23.2. The topological polar surface area (TPSA) is 186 Å². The van der Waals surface area contributed by atoms with Crippen LogP contribution in [-0.4, -0.2) is 78.8 Å². The molecule has 0 amide bonds. The Balaban J connectivity index is 1.58. The molecule has 5 atom stereocenters. The minimum Gasteiger partial charge on any atom is -0.507 e.